The molecule has 1 aliphatic heterocycles. The SMILES string of the molecule is CC1(C)CCNC1CO. The molecule has 0 spiro atoms. The average Bonchev–Trinajstić information content (AvgIpc) is 2.08. The smallest absolute Gasteiger partial charge is 0.0589 e. The number of aliphatic hydroxyl groups is 1. The van der Waals surface area contributed by atoms with Crippen LogP contribution in [-0.4, -0.2) is 24.3 Å². The molecular weight excluding hydrogens is 114 g/mol. The average molecular weight is 129 g/mol. The van der Waals surface area contributed by atoms with Crippen LogP contribution in [0.3, 0.4) is 0 Å². The van der Waals surface area contributed by atoms with Gasteiger partial charge in [-0.25, -0.2) is 0 Å². The lowest BCUT2D eigenvalue weighted by Crippen LogP contribution is -2.35. The van der Waals surface area contributed by atoms with Crippen LogP contribution < -0.4 is 5.32 Å². The van der Waals surface area contributed by atoms with Gasteiger partial charge >= 0.3 is 0 Å². The van der Waals surface area contributed by atoms with Gasteiger partial charge in [-0.1, -0.05) is 13.8 Å². The summed E-state index contributed by atoms with van der Waals surface area (Å²) >= 11 is 0. The van der Waals surface area contributed by atoms with Crippen molar-refractivity contribution in [3.63, 3.8) is 0 Å². The number of hydrogen-bond acceptors (Lipinski definition) is 2. The highest BCUT2D eigenvalue weighted by Crippen LogP contribution is 2.28. The van der Waals surface area contributed by atoms with Gasteiger partial charge in [0.05, 0.1) is 6.61 Å². The van der Waals surface area contributed by atoms with Crippen molar-refractivity contribution in [3.8, 4) is 0 Å². The molecule has 9 heavy (non-hydrogen) atoms. The molecule has 0 aromatic rings. The van der Waals surface area contributed by atoms with Gasteiger partial charge in [-0.2, -0.15) is 0 Å². The lowest BCUT2D eigenvalue weighted by Gasteiger charge is -2.23. The van der Waals surface area contributed by atoms with Crippen LogP contribution in [-0.2, 0) is 0 Å². The van der Waals surface area contributed by atoms with E-state index in [0.717, 1.165) is 6.54 Å². The van der Waals surface area contributed by atoms with E-state index in [4.69, 9.17) is 5.11 Å². The fourth-order valence-electron chi connectivity index (χ4n) is 1.33. The normalized spacial score (nSPS) is 33.0. The predicted octanol–water partition coefficient (Wildman–Crippen LogP) is 0.367. The third-order valence-corrected chi connectivity index (χ3v) is 2.29. The van der Waals surface area contributed by atoms with Gasteiger partial charge in [0.15, 0.2) is 0 Å². The highest BCUT2D eigenvalue weighted by atomic mass is 16.3. The Balaban J connectivity index is 2.52. The number of aliphatic hydroxyl groups excluding tert-OH is 1. The molecule has 2 nitrogen and oxygen atoms in total. The number of hydrogen-bond donors (Lipinski definition) is 2. The molecule has 0 aromatic carbocycles. The molecule has 1 rings (SSSR count). The summed E-state index contributed by atoms with van der Waals surface area (Å²) in [6.07, 6.45) is 1.18. The molecule has 54 valence electrons. The van der Waals surface area contributed by atoms with Gasteiger partial charge in [-0.05, 0) is 18.4 Å². The van der Waals surface area contributed by atoms with Crippen LogP contribution in [0.1, 0.15) is 20.3 Å². The molecule has 1 fully saturated rings. The Morgan fingerprint density at radius 3 is 2.56 bits per heavy atom. The fourth-order valence-corrected chi connectivity index (χ4v) is 1.33. The van der Waals surface area contributed by atoms with Crippen LogP contribution in [0.4, 0.5) is 0 Å². The highest BCUT2D eigenvalue weighted by Gasteiger charge is 2.33. The summed E-state index contributed by atoms with van der Waals surface area (Å²) < 4.78 is 0. The van der Waals surface area contributed by atoms with Crippen molar-refractivity contribution in [2.75, 3.05) is 13.2 Å². The van der Waals surface area contributed by atoms with Crippen molar-refractivity contribution in [1.82, 2.24) is 5.32 Å². The third kappa shape index (κ3) is 1.25. The molecule has 2 N–H and O–H groups in total. The Morgan fingerprint density at radius 1 is 1.67 bits per heavy atom. The Hall–Kier alpha value is -0.0800. The fraction of sp³-hybridized carbons (Fsp3) is 1.00. The minimum atomic E-state index is 0.271. The van der Waals surface area contributed by atoms with Crippen LogP contribution in [0.2, 0.25) is 0 Å². The summed E-state index contributed by atoms with van der Waals surface area (Å²) in [6, 6.07) is 0.317. The van der Waals surface area contributed by atoms with Crippen molar-refractivity contribution in [2.45, 2.75) is 26.3 Å². The quantitative estimate of drug-likeness (QED) is 0.536. The Labute approximate surface area is 56.3 Å². The maximum atomic E-state index is 8.84. The van der Waals surface area contributed by atoms with Crippen molar-refractivity contribution in [3.05, 3.63) is 0 Å². The van der Waals surface area contributed by atoms with Crippen molar-refractivity contribution >= 4 is 0 Å². The summed E-state index contributed by atoms with van der Waals surface area (Å²) in [5.74, 6) is 0. The molecule has 1 atom stereocenters. The molecule has 0 aliphatic carbocycles. The minimum Gasteiger partial charge on any atom is -0.395 e. The maximum absolute atomic E-state index is 8.84. The zero-order valence-corrected chi connectivity index (χ0v) is 6.15. The molecule has 0 radical (unpaired) electrons. The molecule has 1 aliphatic rings. The molecule has 1 heterocycles. The third-order valence-electron chi connectivity index (χ3n) is 2.29. The van der Waals surface area contributed by atoms with E-state index < -0.39 is 0 Å². The Kier molecular flexibility index (Phi) is 1.78. The summed E-state index contributed by atoms with van der Waals surface area (Å²) in [7, 11) is 0. The number of rotatable bonds is 1. The molecule has 0 aromatic heterocycles. The van der Waals surface area contributed by atoms with Crippen LogP contribution in [0.5, 0.6) is 0 Å². The van der Waals surface area contributed by atoms with E-state index in [0.29, 0.717) is 11.5 Å². The van der Waals surface area contributed by atoms with E-state index in [1.807, 2.05) is 0 Å². The summed E-state index contributed by atoms with van der Waals surface area (Å²) in [5, 5.41) is 12.1. The van der Waals surface area contributed by atoms with E-state index in [2.05, 4.69) is 19.2 Å². The first-order chi connectivity index (χ1) is 4.17. The second-order valence-electron chi connectivity index (χ2n) is 3.43. The summed E-state index contributed by atoms with van der Waals surface area (Å²) in [4.78, 5) is 0. The first kappa shape index (κ1) is 7.03. The van der Waals surface area contributed by atoms with Crippen LogP contribution >= 0.6 is 0 Å². The van der Waals surface area contributed by atoms with Gasteiger partial charge in [0, 0.05) is 6.04 Å². The largest absolute Gasteiger partial charge is 0.395 e. The van der Waals surface area contributed by atoms with Crippen LogP contribution in [0, 0.1) is 5.41 Å². The summed E-state index contributed by atoms with van der Waals surface area (Å²) in [6.45, 7) is 5.70. The number of nitrogens with one attached hydrogen (secondary N) is 1. The van der Waals surface area contributed by atoms with E-state index in [1.54, 1.807) is 0 Å². The lowest BCUT2D eigenvalue weighted by molar-refractivity contribution is 0.185. The topological polar surface area (TPSA) is 32.3 Å². The molecule has 1 saturated heterocycles. The van der Waals surface area contributed by atoms with E-state index in [-0.39, 0.29) is 6.61 Å². The molecular formula is C7H15NO. The second kappa shape index (κ2) is 2.27. The van der Waals surface area contributed by atoms with Crippen molar-refractivity contribution in [2.24, 2.45) is 5.41 Å². The Morgan fingerprint density at radius 2 is 2.33 bits per heavy atom. The lowest BCUT2D eigenvalue weighted by atomic mass is 9.85. The van der Waals surface area contributed by atoms with E-state index >= 15 is 0 Å². The van der Waals surface area contributed by atoms with Gasteiger partial charge in [-0.3, -0.25) is 0 Å². The first-order valence-corrected chi connectivity index (χ1v) is 3.51. The Bertz CT molecular complexity index is 101. The maximum Gasteiger partial charge on any atom is 0.0589 e. The molecule has 1 unspecified atom stereocenters. The molecule has 0 amide bonds. The van der Waals surface area contributed by atoms with E-state index in [9.17, 15) is 0 Å². The van der Waals surface area contributed by atoms with Crippen LogP contribution in [0.25, 0.3) is 0 Å². The first-order valence-electron chi connectivity index (χ1n) is 3.51. The second-order valence-corrected chi connectivity index (χ2v) is 3.43. The summed E-state index contributed by atoms with van der Waals surface area (Å²) in [5.41, 5.74) is 0.300. The van der Waals surface area contributed by atoms with Crippen molar-refractivity contribution < 1.29 is 5.11 Å². The predicted molar refractivity (Wildman–Crippen MR) is 37.3 cm³/mol. The zero-order chi connectivity index (χ0) is 6.91. The van der Waals surface area contributed by atoms with Gasteiger partial charge in [-0.15, -0.1) is 0 Å². The molecule has 0 bridgehead atoms. The monoisotopic (exact) mass is 129 g/mol. The standard InChI is InChI=1S/C7H15NO/c1-7(2)3-4-8-6(7)5-9/h6,8-9H,3-5H2,1-2H3. The van der Waals surface area contributed by atoms with Gasteiger partial charge in [0.2, 0.25) is 0 Å². The zero-order valence-electron chi connectivity index (χ0n) is 6.15. The minimum absolute atomic E-state index is 0.271. The van der Waals surface area contributed by atoms with Crippen LogP contribution in [0.15, 0.2) is 0 Å². The van der Waals surface area contributed by atoms with Crippen molar-refractivity contribution in [1.29, 1.82) is 0 Å². The highest BCUT2D eigenvalue weighted by molar-refractivity contribution is 4.89. The van der Waals surface area contributed by atoms with E-state index in [1.165, 1.54) is 6.42 Å². The molecule has 2 heteroatoms. The van der Waals surface area contributed by atoms with Gasteiger partial charge in [0.25, 0.3) is 0 Å². The van der Waals surface area contributed by atoms with Gasteiger partial charge < -0.3 is 10.4 Å². The molecule has 0 saturated carbocycles. The van der Waals surface area contributed by atoms with Gasteiger partial charge in [0.1, 0.15) is 0 Å².